The van der Waals surface area contributed by atoms with Crippen molar-refractivity contribution in [2.75, 3.05) is 19.0 Å². The number of aromatic nitrogens is 2. The number of rotatable bonds is 5. The molecule has 5 nitrogen and oxygen atoms in total. The van der Waals surface area contributed by atoms with Crippen LogP contribution in [0.3, 0.4) is 0 Å². The lowest BCUT2D eigenvalue weighted by atomic mass is 10.0. The number of nitriles is 1. The molecule has 0 amide bonds. The Balaban J connectivity index is 2.33. The number of methoxy groups -OCH3 is 1. The number of anilines is 1. The van der Waals surface area contributed by atoms with Crippen LogP contribution in [0, 0.1) is 11.3 Å². The van der Waals surface area contributed by atoms with Gasteiger partial charge in [-0.15, -0.1) is 0 Å². The van der Waals surface area contributed by atoms with Gasteiger partial charge in [-0.2, -0.15) is 5.26 Å². The summed E-state index contributed by atoms with van der Waals surface area (Å²) in [4.78, 5) is 8.39. The second-order valence-corrected chi connectivity index (χ2v) is 4.20. The van der Waals surface area contributed by atoms with Crippen molar-refractivity contribution in [2.24, 2.45) is 0 Å². The third kappa shape index (κ3) is 3.04. The summed E-state index contributed by atoms with van der Waals surface area (Å²) >= 11 is 0. The number of hydrogen-bond acceptors (Lipinski definition) is 5. The van der Waals surface area contributed by atoms with E-state index in [-0.39, 0.29) is 6.54 Å². The molecule has 2 aromatic rings. The lowest BCUT2D eigenvalue weighted by Crippen LogP contribution is -2.03. The third-order valence-electron chi connectivity index (χ3n) is 2.96. The molecular formula is C15H16N4O. The van der Waals surface area contributed by atoms with E-state index >= 15 is 0 Å². The van der Waals surface area contributed by atoms with E-state index in [4.69, 9.17) is 10.00 Å². The highest BCUT2D eigenvalue weighted by Crippen LogP contribution is 2.30. The average molecular weight is 268 g/mol. The molecule has 5 heteroatoms. The molecule has 1 aromatic heterocycles. The van der Waals surface area contributed by atoms with Gasteiger partial charge in [0.1, 0.15) is 12.3 Å². The van der Waals surface area contributed by atoms with Crippen LogP contribution in [0.25, 0.3) is 11.1 Å². The van der Waals surface area contributed by atoms with Crippen LogP contribution in [-0.4, -0.2) is 23.6 Å². The Kier molecular flexibility index (Phi) is 4.51. The van der Waals surface area contributed by atoms with E-state index in [9.17, 15) is 0 Å². The number of aryl methyl sites for hydroxylation is 1. The van der Waals surface area contributed by atoms with Crippen molar-refractivity contribution in [2.45, 2.75) is 13.3 Å². The molecule has 20 heavy (non-hydrogen) atoms. The topological polar surface area (TPSA) is 70.8 Å². The summed E-state index contributed by atoms with van der Waals surface area (Å²) in [6.07, 6.45) is 4.41. The zero-order valence-corrected chi connectivity index (χ0v) is 11.6. The molecule has 0 saturated heterocycles. The average Bonchev–Trinajstić information content (AvgIpc) is 2.52. The summed E-state index contributed by atoms with van der Waals surface area (Å²) in [5.74, 6) is 1.24. The van der Waals surface area contributed by atoms with Crippen molar-refractivity contribution in [1.29, 1.82) is 5.26 Å². The Bertz CT molecular complexity index is 617. The van der Waals surface area contributed by atoms with E-state index in [1.54, 1.807) is 19.5 Å². The van der Waals surface area contributed by atoms with Crippen molar-refractivity contribution in [3.05, 3.63) is 36.2 Å². The van der Waals surface area contributed by atoms with E-state index < -0.39 is 0 Å². The van der Waals surface area contributed by atoms with Crippen LogP contribution >= 0.6 is 0 Å². The minimum atomic E-state index is 0.188. The Morgan fingerprint density at radius 2 is 2.05 bits per heavy atom. The van der Waals surface area contributed by atoms with E-state index in [0.29, 0.717) is 5.95 Å². The largest absolute Gasteiger partial charge is 0.496 e. The fraction of sp³-hybridized carbons (Fsp3) is 0.267. The fourth-order valence-corrected chi connectivity index (χ4v) is 1.88. The van der Waals surface area contributed by atoms with Gasteiger partial charge in [0.25, 0.3) is 0 Å². The van der Waals surface area contributed by atoms with E-state index in [0.717, 1.165) is 23.3 Å². The van der Waals surface area contributed by atoms with Crippen molar-refractivity contribution >= 4 is 5.95 Å². The molecule has 1 aromatic carbocycles. The van der Waals surface area contributed by atoms with E-state index in [2.05, 4.69) is 28.3 Å². The maximum absolute atomic E-state index is 8.50. The van der Waals surface area contributed by atoms with Crippen LogP contribution < -0.4 is 10.1 Å². The number of nitrogens with one attached hydrogen (secondary N) is 1. The summed E-state index contributed by atoms with van der Waals surface area (Å²) in [7, 11) is 1.65. The molecule has 0 aliphatic rings. The Morgan fingerprint density at radius 1 is 1.30 bits per heavy atom. The predicted octanol–water partition coefficient (Wildman–Crippen LogP) is 2.65. The zero-order valence-electron chi connectivity index (χ0n) is 11.6. The SMILES string of the molecule is CCc1ccc(OC)c(-c2cnc(NCC#N)nc2)c1. The first-order chi connectivity index (χ1) is 9.78. The summed E-state index contributed by atoms with van der Waals surface area (Å²) in [5.41, 5.74) is 3.09. The minimum Gasteiger partial charge on any atom is -0.496 e. The lowest BCUT2D eigenvalue weighted by Gasteiger charge is -2.10. The van der Waals surface area contributed by atoms with Gasteiger partial charge < -0.3 is 10.1 Å². The highest BCUT2D eigenvalue weighted by molar-refractivity contribution is 5.70. The van der Waals surface area contributed by atoms with Crippen LogP contribution in [-0.2, 0) is 6.42 Å². The molecule has 0 bridgehead atoms. The summed E-state index contributed by atoms with van der Waals surface area (Å²) in [6, 6.07) is 8.07. The Morgan fingerprint density at radius 3 is 2.65 bits per heavy atom. The predicted molar refractivity (Wildman–Crippen MR) is 77.5 cm³/mol. The highest BCUT2D eigenvalue weighted by atomic mass is 16.5. The molecule has 2 rings (SSSR count). The molecule has 0 saturated carbocycles. The number of nitrogens with zero attached hydrogens (tertiary/aromatic N) is 3. The minimum absolute atomic E-state index is 0.188. The van der Waals surface area contributed by atoms with Crippen molar-refractivity contribution in [3.8, 4) is 22.9 Å². The van der Waals surface area contributed by atoms with Gasteiger partial charge in [-0.3, -0.25) is 0 Å². The van der Waals surface area contributed by atoms with E-state index in [1.165, 1.54) is 5.56 Å². The van der Waals surface area contributed by atoms with Crippen LogP contribution in [0.5, 0.6) is 5.75 Å². The first-order valence-corrected chi connectivity index (χ1v) is 6.38. The Labute approximate surface area is 118 Å². The molecule has 0 fully saturated rings. The van der Waals surface area contributed by atoms with Gasteiger partial charge in [-0.1, -0.05) is 13.0 Å². The van der Waals surface area contributed by atoms with Crippen molar-refractivity contribution in [3.63, 3.8) is 0 Å². The molecule has 0 atom stereocenters. The van der Waals surface area contributed by atoms with Crippen molar-refractivity contribution < 1.29 is 4.74 Å². The quantitative estimate of drug-likeness (QED) is 0.844. The summed E-state index contributed by atoms with van der Waals surface area (Å²) < 4.78 is 5.38. The first-order valence-electron chi connectivity index (χ1n) is 6.38. The maximum Gasteiger partial charge on any atom is 0.223 e. The Hall–Kier alpha value is -2.61. The number of benzene rings is 1. The van der Waals surface area contributed by atoms with Crippen LogP contribution in [0.2, 0.25) is 0 Å². The smallest absolute Gasteiger partial charge is 0.223 e. The van der Waals surface area contributed by atoms with Gasteiger partial charge in [0.05, 0.1) is 13.2 Å². The zero-order chi connectivity index (χ0) is 14.4. The van der Waals surface area contributed by atoms with Crippen LogP contribution in [0.15, 0.2) is 30.6 Å². The summed E-state index contributed by atoms with van der Waals surface area (Å²) in [6.45, 7) is 2.30. The molecule has 102 valence electrons. The molecule has 0 radical (unpaired) electrons. The second kappa shape index (κ2) is 6.53. The first kappa shape index (κ1) is 13.8. The van der Waals surface area contributed by atoms with Gasteiger partial charge in [-0.05, 0) is 24.1 Å². The third-order valence-corrected chi connectivity index (χ3v) is 2.96. The van der Waals surface area contributed by atoms with Crippen LogP contribution in [0.4, 0.5) is 5.95 Å². The molecule has 1 N–H and O–H groups in total. The van der Waals surface area contributed by atoms with Gasteiger partial charge in [0, 0.05) is 23.5 Å². The van der Waals surface area contributed by atoms with Gasteiger partial charge in [0.15, 0.2) is 0 Å². The second-order valence-electron chi connectivity index (χ2n) is 4.20. The molecule has 0 aliphatic carbocycles. The standard InChI is InChI=1S/C15H16N4O/c1-3-11-4-5-14(20-2)13(8-11)12-9-18-15(19-10-12)17-7-6-16/h4-5,8-10H,3,7H2,1-2H3,(H,17,18,19). The molecule has 0 unspecified atom stereocenters. The van der Waals surface area contributed by atoms with Gasteiger partial charge >= 0.3 is 0 Å². The number of hydrogen-bond donors (Lipinski definition) is 1. The molecule has 0 aliphatic heterocycles. The van der Waals surface area contributed by atoms with E-state index in [1.807, 2.05) is 18.2 Å². The molecule has 0 spiro atoms. The summed E-state index contributed by atoms with van der Waals surface area (Å²) in [5, 5.41) is 11.3. The van der Waals surface area contributed by atoms with Gasteiger partial charge in [0.2, 0.25) is 5.95 Å². The normalized spacial score (nSPS) is 9.85. The van der Waals surface area contributed by atoms with Gasteiger partial charge in [-0.25, -0.2) is 9.97 Å². The molecule has 1 heterocycles. The fourth-order valence-electron chi connectivity index (χ4n) is 1.88. The van der Waals surface area contributed by atoms with Crippen molar-refractivity contribution in [1.82, 2.24) is 9.97 Å². The molecular weight excluding hydrogens is 252 g/mol. The number of ether oxygens (including phenoxy) is 1. The highest BCUT2D eigenvalue weighted by Gasteiger charge is 2.08. The maximum atomic E-state index is 8.50. The van der Waals surface area contributed by atoms with Crippen LogP contribution in [0.1, 0.15) is 12.5 Å². The lowest BCUT2D eigenvalue weighted by molar-refractivity contribution is 0.416. The monoisotopic (exact) mass is 268 g/mol.